The molecule has 0 saturated heterocycles. The van der Waals surface area contributed by atoms with Crippen molar-refractivity contribution in [1.29, 1.82) is 0 Å². The number of amides is 1. The second-order valence-corrected chi connectivity index (χ2v) is 4.65. The summed E-state index contributed by atoms with van der Waals surface area (Å²) in [6.45, 7) is 3.93. The van der Waals surface area contributed by atoms with Gasteiger partial charge in [-0.3, -0.25) is 4.79 Å². The molecule has 0 aliphatic carbocycles. The smallest absolute Gasteiger partial charge is 0.210 e. The summed E-state index contributed by atoms with van der Waals surface area (Å²) in [6.07, 6.45) is 1.33. The molecule has 2 atom stereocenters. The molecule has 4 N–H and O–H groups in total. The Bertz CT molecular complexity index is 397. The molecule has 0 radical (unpaired) electrons. The van der Waals surface area contributed by atoms with Gasteiger partial charge < -0.3 is 20.8 Å². The third-order valence-corrected chi connectivity index (χ3v) is 3.31. The number of carbonyl (C=O) groups is 1. The number of carbonyl (C=O) groups excluding carboxylic acids is 1. The van der Waals surface area contributed by atoms with Gasteiger partial charge in [0.25, 0.3) is 0 Å². The number of aliphatic hydroxyl groups is 2. The fourth-order valence-corrected chi connectivity index (χ4v) is 2.23. The van der Waals surface area contributed by atoms with Crippen LogP contribution in [0.25, 0.3) is 0 Å². The molecule has 1 rings (SSSR count). The molecule has 0 aliphatic heterocycles. The minimum Gasteiger partial charge on any atom is -0.393 e. The van der Waals surface area contributed by atoms with Gasteiger partial charge in [-0.2, -0.15) is 0 Å². The lowest BCUT2D eigenvalue weighted by atomic mass is 10.3. The topological polar surface area (TPSA) is 99.7 Å². The normalized spacial score (nSPS) is 13.9. The maximum absolute atomic E-state index is 10.8. The molecule has 0 spiro atoms. The summed E-state index contributed by atoms with van der Waals surface area (Å²) < 4.78 is 0. The molecule has 1 amide bonds. The molecule has 100 valence electrons. The second-order valence-electron chi connectivity index (χ2n) is 3.76. The van der Waals surface area contributed by atoms with Crippen LogP contribution in [0.2, 0.25) is 0 Å². The molecular formula is C11H17N3O3S. The zero-order chi connectivity index (χ0) is 13.5. The lowest BCUT2D eigenvalue weighted by Gasteiger charge is -2.18. The highest BCUT2D eigenvalue weighted by atomic mass is 32.1. The van der Waals surface area contributed by atoms with Crippen LogP contribution in [0.1, 0.15) is 22.8 Å². The number of hydrogen-bond donors (Lipinski definition) is 3. The highest BCUT2D eigenvalue weighted by Gasteiger charge is 2.16. The summed E-state index contributed by atoms with van der Waals surface area (Å²) in [5, 5.41) is 20.5. The third kappa shape index (κ3) is 3.88. The average Bonchev–Trinajstić information content (AvgIpc) is 2.86. The SMILES string of the molecule is C=CCN(C=O)CC(N)c1nc(C(O)CO)cs1. The fourth-order valence-electron chi connectivity index (χ4n) is 1.37. The van der Waals surface area contributed by atoms with Crippen molar-refractivity contribution in [3.05, 3.63) is 28.7 Å². The number of thiazole rings is 1. The van der Waals surface area contributed by atoms with E-state index in [1.807, 2.05) is 0 Å². The maximum atomic E-state index is 10.8. The van der Waals surface area contributed by atoms with Gasteiger partial charge in [-0.05, 0) is 0 Å². The van der Waals surface area contributed by atoms with Crippen LogP contribution in [0.15, 0.2) is 18.0 Å². The Kier molecular flexibility index (Phi) is 5.93. The van der Waals surface area contributed by atoms with Crippen LogP contribution >= 0.6 is 11.3 Å². The van der Waals surface area contributed by atoms with Crippen LogP contribution in [0.3, 0.4) is 0 Å². The van der Waals surface area contributed by atoms with Gasteiger partial charge in [-0.15, -0.1) is 17.9 Å². The molecule has 1 heterocycles. The van der Waals surface area contributed by atoms with Crippen molar-refractivity contribution < 1.29 is 15.0 Å². The Morgan fingerprint density at radius 3 is 2.94 bits per heavy atom. The summed E-state index contributed by atoms with van der Waals surface area (Å²) in [6, 6.07) is -0.417. The molecule has 0 fully saturated rings. The summed E-state index contributed by atoms with van der Waals surface area (Å²) in [7, 11) is 0. The first-order valence-electron chi connectivity index (χ1n) is 5.42. The van der Waals surface area contributed by atoms with Crippen molar-refractivity contribution in [2.24, 2.45) is 5.73 Å². The summed E-state index contributed by atoms with van der Waals surface area (Å²) in [5.41, 5.74) is 6.32. The van der Waals surface area contributed by atoms with Gasteiger partial charge in [0.1, 0.15) is 11.1 Å². The molecule has 7 heteroatoms. The molecule has 6 nitrogen and oxygen atoms in total. The van der Waals surface area contributed by atoms with Crippen molar-refractivity contribution in [3.8, 4) is 0 Å². The van der Waals surface area contributed by atoms with Crippen LogP contribution in [0, 0.1) is 0 Å². The minimum absolute atomic E-state index is 0.331. The first kappa shape index (κ1) is 14.8. The quantitative estimate of drug-likeness (QED) is 0.449. The van der Waals surface area contributed by atoms with E-state index in [1.54, 1.807) is 11.5 Å². The third-order valence-electron chi connectivity index (χ3n) is 2.32. The largest absolute Gasteiger partial charge is 0.393 e. The molecule has 1 aromatic rings. The first-order valence-corrected chi connectivity index (χ1v) is 6.30. The Morgan fingerprint density at radius 2 is 2.39 bits per heavy atom. The predicted octanol–water partition coefficient (Wildman–Crippen LogP) is -0.187. The summed E-state index contributed by atoms with van der Waals surface area (Å²) >= 11 is 1.30. The Labute approximate surface area is 109 Å². The molecule has 2 unspecified atom stereocenters. The van der Waals surface area contributed by atoms with Crippen molar-refractivity contribution in [3.63, 3.8) is 0 Å². The van der Waals surface area contributed by atoms with Gasteiger partial charge in [-0.25, -0.2) is 4.98 Å². The Hall–Kier alpha value is -1.28. The van der Waals surface area contributed by atoms with E-state index in [1.165, 1.54) is 16.2 Å². The molecule has 0 aromatic carbocycles. The number of aromatic nitrogens is 1. The Balaban J connectivity index is 2.65. The van der Waals surface area contributed by atoms with Crippen LogP contribution in [0.4, 0.5) is 0 Å². The van der Waals surface area contributed by atoms with E-state index in [9.17, 15) is 9.90 Å². The minimum atomic E-state index is -0.988. The molecule has 0 bridgehead atoms. The zero-order valence-electron chi connectivity index (χ0n) is 9.90. The lowest BCUT2D eigenvalue weighted by molar-refractivity contribution is -0.117. The number of nitrogens with zero attached hydrogens (tertiary/aromatic N) is 2. The maximum Gasteiger partial charge on any atom is 0.210 e. The first-order chi connectivity index (χ1) is 8.62. The van der Waals surface area contributed by atoms with Crippen LogP contribution in [-0.2, 0) is 4.79 Å². The van der Waals surface area contributed by atoms with Crippen molar-refractivity contribution in [2.45, 2.75) is 12.1 Å². The zero-order valence-corrected chi connectivity index (χ0v) is 10.7. The highest BCUT2D eigenvalue weighted by Crippen LogP contribution is 2.21. The fraction of sp³-hybridized carbons (Fsp3) is 0.455. The molecule has 0 saturated carbocycles. The number of aliphatic hydroxyl groups excluding tert-OH is 2. The highest BCUT2D eigenvalue weighted by molar-refractivity contribution is 7.09. The van der Waals surface area contributed by atoms with Gasteiger partial charge in [0, 0.05) is 18.5 Å². The summed E-state index contributed by atoms with van der Waals surface area (Å²) in [5.74, 6) is 0. The van der Waals surface area contributed by atoms with Gasteiger partial charge in [0.15, 0.2) is 0 Å². The van der Waals surface area contributed by atoms with Crippen molar-refractivity contribution in [2.75, 3.05) is 19.7 Å². The van der Waals surface area contributed by atoms with Gasteiger partial charge >= 0.3 is 0 Å². The average molecular weight is 271 g/mol. The number of rotatable bonds is 8. The van der Waals surface area contributed by atoms with E-state index < -0.39 is 12.1 Å². The monoisotopic (exact) mass is 271 g/mol. The molecule has 0 aliphatic rings. The van der Waals surface area contributed by atoms with E-state index in [0.717, 1.165) is 0 Å². The van der Waals surface area contributed by atoms with E-state index >= 15 is 0 Å². The molecule has 1 aromatic heterocycles. The standard InChI is InChI=1S/C11H17N3O3S/c1-2-3-14(7-16)4-8(12)11-13-9(6-18-11)10(17)5-15/h2,6-8,10,15,17H,1,3-5,12H2. The molecular weight excluding hydrogens is 254 g/mol. The van der Waals surface area contributed by atoms with Crippen LogP contribution in [0.5, 0.6) is 0 Å². The van der Waals surface area contributed by atoms with Gasteiger partial charge in [-0.1, -0.05) is 6.08 Å². The van der Waals surface area contributed by atoms with E-state index in [-0.39, 0.29) is 6.61 Å². The molecule has 18 heavy (non-hydrogen) atoms. The van der Waals surface area contributed by atoms with E-state index in [0.29, 0.717) is 30.2 Å². The Morgan fingerprint density at radius 1 is 1.67 bits per heavy atom. The number of nitrogens with two attached hydrogens (primary N) is 1. The predicted molar refractivity (Wildman–Crippen MR) is 68.9 cm³/mol. The van der Waals surface area contributed by atoms with Crippen molar-refractivity contribution in [1.82, 2.24) is 9.88 Å². The lowest BCUT2D eigenvalue weighted by Crippen LogP contribution is -2.31. The van der Waals surface area contributed by atoms with E-state index in [2.05, 4.69) is 11.6 Å². The van der Waals surface area contributed by atoms with Gasteiger partial charge in [0.05, 0.1) is 18.3 Å². The van der Waals surface area contributed by atoms with Gasteiger partial charge in [0.2, 0.25) is 6.41 Å². The number of hydrogen-bond acceptors (Lipinski definition) is 6. The second kappa shape index (κ2) is 7.22. The van der Waals surface area contributed by atoms with Crippen LogP contribution in [-0.4, -0.2) is 46.2 Å². The summed E-state index contributed by atoms with van der Waals surface area (Å²) in [4.78, 5) is 16.4. The van der Waals surface area contributed by atoms with E-state index in [4.69, 9.17) is 10.8 Å². The van der Waals surface area contributed by atoms with Crippen LogP contribution < -0.4 is 5.73 Å². The van der Waals surface area contributed by atoms with Crippen molar-refractivity contribution >= 4 is 17.7 Å².